The third-order valence-electron chi connectivity index (χ3n) is 3.17. The van der Waals surface area contributed by atoms with Crippen LogP contribution in [0.5, 0.6) is 0 Å². The Morgan fingerprint density at radius 2 is 2.11 bits per heavy atom. The van der Waals surface area contributed by atoms with E-state index in [2.05, 4.69) is 17.6 Å². The average molecular weight is 274 g/mol. The second-order valence-electron chi connectivity index (χ2n) is 4.80. The fraction of sp³-hybridized carbons (Fsp3) is 0.833. The highest BCUT2D eigenvalue weighted by atomic mass is 32.2. The van der Waals surface area contributed by atoms with Crippen molar-refractivity contribution in [2.75, 3.05) is 18.1 Å². The normalized spacial score (nSPS) is 17.9. The molecule has 1 aliphatic rings. The molecule has 104 valence electrons. The number of hydrogen-bond acceptors (Lipinski definition) is 3. The fourth-order valence-corrected chi connectivity index (χ4v) is 2.43. The van der Waals surface area contributed by atoms with Crippen LogP contribution in [0.1, 0.15) is 33.1 Å². The minimum Gasteiger partial charge on any atom is -0.481 e. The van der Waals surface area contributed by atoms with Gasteiger partial charge in [0.05, 0.1) is 5.41 Å². The third kappa shape index (κ3) is 4.76. The molecule has 1 saturated carbocycles. The highest BCUT2D eigenvalue weighted by Crippen LogP contribution is 2.45. The Morgan fingerprint density at radius 3 is 2.61 bits per heavy atom. The maximum absolute atomic E-state index is 11.6. The van der Waals surface area contributed by atoms with Crippen LogP contribution in [0.15, 0.2) is 0 Å². The van der Waals surface area contributed by atoms with Gasteiger partial charge in [0.25, 0.3) is 0 Å². The van der Waals surface area contributed by atoms with Crippen LogP contribution >= 0.6 is 11.8 Å². The molecular weight excluding hydrogens is 252 g/mol. The van der Waals surface area contributed by atoms with E-state index in [0.29, 0.717) is 12.8 Å². The van der Waals surface area contributed by atoms with Gasteiger partial charge < -0.3 is 15.7 Å². The Hall–Kier alpha value is -0.910. The highest BCUT2D eigenvalue weighted by molar-refractivity contribution is 7.99. The molecule has 1 fully saturated rings. The molecule has 0 aliphatic heterocycles. The van der Waals surface area contributed by atoms with Crippen molar-refractivity contribution in [1.29, 1.82) is 0 Å². The molecule has 18 heavy (non-hydrogen) atoms. The van der Waals surface area contributed by atoms with E-state index in [1.54, 1.807) is 0 Å². The minimum absolute atomic E-state index is 0.115. The Bertz CT molecular complexity index is 306. The van der Waals surface area contributed by atoms with Gasteiger partial charge in [-0.1, -0.05) is 6.92 Å². The number of carbonyl (C=O) groups excluding carboxylic acids is 1. The van der Waals surface area contributed by atoms with Gasteiger partial charge in [0.2, 0.25) is 0 Å². The molecule has 6 heteroatoms. The largest absolute Gasteiger partial charge is 0.481 e. The first-order valence-electron chi connectivity index (χ1n) is 6.35. The number of amides is 2. The molecule has 0 aromatic heterocycles. The van der Waals surface area contributed by atoms with Crippen LogP contribution in [0.3, 0.4) is 0 Å². The van der Waals surface area contributed by atoms with Crippen molar-refractivity contribution in [2.24, 2.45) is 5.41 Å². The molecular formula is C12H22N2O3S. The number of urea groups is 1. The summed E-state index contributed by atoms with van der Waals surface area (Å²) in [6, 6.07) is -0.152. The average Bonchev–Trinajstić information content (AvgIpc) is 3.08. The lowest BCUT2D eigenvalue weighted by Crippen LogP contribution is -2.44. The van der Waals surface area contributed by atoms with Crippen LogP contribution in [-0.2, 0) is 4.79 Å². The second-order valence-corrected chi connectivity index (χ2v) is 6.19. The Balaban J connectivity index is 2.15. The third-order valence-corrected chi connectivity index (χ3v) is 4.10. The van der Waals surface area contributed by atoms with Crippen molar-refractivity contribution < 1.29 is 14.7 Å². The van der Waals surface area contributed by atoms with Gasteiger partial charge in [-0.3, -0.25) is 4.79 Å². The predicted molar refractivity (Wildman–Crippen MR) is 72.9 cm³/mol. The lowest BCUT2D eigenvalue weighted by atomic mass is 10.1. The van der Waals surface area contributed by atoms with Crippen molar-refractivity contribution in [1.82, 2.24) is 10.6 Å². The van der Waals surface area contributed by atoms with E-state index in [9.17, 15) is 9.59 Å². The van der Waals surface area contributed by atoms with Gasteiger partial charge in [-0.2, -0.15) is 11.8 Å². The summed E-state index contributed by atoms with van der Waals surface area (Å²) in [7, 11) is 0. The predicted octanol–water partition coefficient (Wildman–Crippen LogP) is 1.68. The van der Waals surface area contributed by atoms with E-state index in [1.807, 2.05) is 18.7 Å². The van der Waals surface area contributed by atoms with E-state index in [4.69, 9.17) is 5.11 Å². The summed E-state index contributed by atoms with van der Waals surface area (Å²) in [6.45, 7) is 4.29. The summed E-state index contributed by atoms with van der Waals surface area (Å²) in [4.78, 5) is 22.5. The fourth-order valence-electron chi connectivity index (χ4n) is 1.62. The van der Waals surface area contributed by atoms with Gasteiger partial charge in [-0.15, -0.1) is 0 Å². The Labute approximate surface area is 112 Å². The molecule has 3 N–H and O–H groups in total. The van der Waals surface area contributed by atoms with Gasteiger partial charge in [-0.05, 0) is 37.7 Å². The standard InChI is InChI=1S/C12H22N2O3S/c1-3-18-7-4-9(2)14-11(17)13-8-12(5-6-12)10(15)16/h9H,3-8H2,1-2H3,(H,15,16)(H2,13,14,17). The van der Waals surface area contributed by atoms with Crippen LogP contribution in [0.4, 0.5) is 4.79 Å². The highest BCUT2D eigenvalue weighted by Gasteiger charge is 2.50. The summed E-state index contributed by atoms with van der Waals surface area (Å²) < 4.78 is 0. The van der Waals surface area contributed by atoms with E-state index in [1.165, 1.54) is 0 Å². The minimum atomic E-state index is -0.810. The monoisotopic (exact) mass is 274 g/mol. The maximum Gasteiger partial charge on any atom is 0.315 e. The summed E-state index contributed by atoms with van der Waals surface area (Å²) in [5.41, 5.74) is -0.696. The van der Waals surface area contributed by atoms with Crippen molar-refractivity contribution in [2.45, 2.75) is 39.2 Å². The van der Waals surface area contributed by atoms with Gasteiger partial charge in [-0.25, -0.2) is 4.79 Å². The van der Waals surface area contributed by atoms with Gasteiger partial charge in [0.1, 0.15) is 0 Å². The number of aliphatic carboxylic acids is 1. The van der Waals surface area contributed by atoms with E-state index in [-0.39, 0.29) is 18.6 Å². The smallest absolute Gasteiger partial charge is 0.315 e. The molecule has 0 aromatic carbocycles. The number of nitrogens with one attached hydrogen (secondary N) is 2. The second kappa shape index (κ2) is 6.87. The number of rotatable bonds is 8. The van der Waals surface area contributed by atoms with E-state index in [0.717, 1.165) is 17.9 Å². The first kappa shape index (κ1) is 15.1. The summed E-state index contributed by atoms with van der Waals surface area (Å²) >= 11 is 1.85. The van der Waals surface area contributed by atoms with Crippen LogP contribution < -0.4 is 10.6 Å². The molecule has 1 atom stereocenters. The molecule has 0 saturated heterocycles. The topological polar surface area (TPSA) is 78.4 Å². The zero-order valence-electron chi connectivity index (χ0n) is 11.0. The van der Waals surface area contributed by atoms with E-state index < -0.39 is 11.4 Å². The van der Waals surface area contributed by atoms with Crippen LogP contribution in [-0.4, -0.2) is 41.2 Å². The Morgan fingerprint density at radius 1 is 1.44 bits per heavy atom. The number of thioether (sulfide) groups is 1. The van der Waals surface area contributed by atoms with E-state index >= 15 is 0 Å². The van der Waals surface area contributed by atoms with Gasteiger partial charge >= 0.3 is 12.0 Å². The lowest BCUT2D eigenvalue weighted by Gasteiger charge is -2.16. The molecule has 0 spiro atoms. The number of hydrogen-bond donors (Lipinski definition) is 3. The Kier molecular flexibility index (Phi) is 5.78. The van der Waals surface area contributed by atoms with Crippen molar-refractivity contribution in [3.05, 3.63) is 0 Å². The van der Waals surface area contributed by atoms with Gasteiger partial charge in [0, 0.05) is 12.6 Å². The molecule has 0 radical (unpaired) electrons. The molecule has 0 aromatic rings. The summed E-state index contributed by atoms with van der Waals surface area (Å²) in [6.07, 6.45) is 2.24. The number of carbonyl (C=O) groups is 2. The molecule has 1 aliphatic carbocycles. The molecule has 5 nitrogen and oxygen atoms in total. The molecule has 0 bridgehead atoms. The van der Waals surface area contributed by atoms with Crippen molar-refractivity contribution in [3.63, 3.8) is 0 Å². The van der Waals surface area contributed by atoms with Crippen molar-refractivity contribution in [3.8, 4) is 0 Å². The molecule has 0 heterocycles. The van der Waals surface area contributed by atoms with Crippen LogP contribution in [0, 0.1) is 5.41 Å². The van der Waals surface area contributed by atoms with Crippen LogP contribution in [0.25, 0.3) is 0 Å². The number of carboxylic acids is 1. The quantitative estimate of drug-likeness (QED) is 0.588. The zero-order chi connectivity index (χ0) is 13.6. The van der Waals surface area contributed by atoms with Crippen LogP contribution in [0.2, 0.25) is 0 Å². The first-order valence-corrected chi connectivity index (χ1v) is 7.51. The lowest BCUT2D eigenvalue weighted by molar-refractivity contribution is -0.143. The zero-order valence-corrected chi connectivity index (χ0v) is 11.8. The summed E-state index contributed by atoms with van der Waals surface area (Å²) in [5.74, 6) is 1.30. The first-order chi connectivity index (χ1) is 8.50. The molecule has 1 rings (SSSR count). The molecule has 1 unspecified atom stereocenters. The van der Waals surface area contributed by atoms with Crippen molar-refractivity contribution >= 4 is 23.8 Å². The van der Waals surface area contributed by atoms with Gasteiger partial charge in [0.15, 0.2) is 0 Å². The maximum atomic E-state index is 11.6. The SMILES string of the molecule is CCSCCC(C)NC(=O)NCC1(C(=O)O)CC1. The number of carboxylic acid groups (broad SMARTS) is 1. The molecule has 2 amide bonds. The summed E-state index contributed by atoms with van der Waals surface area (Å²) in [5, 5.41) is 14.4.